The highest BCUT2D eigenvalue weighted by atomic mass is 32.2. The minimum atomic E-state index is 0.627. The summed E-state index contributed by atoms with van der Waals surface area (Å²) in [4.78, 5) is 1.39. The maximum atomic E-state index is 3.53. The van der Waals surface area contributed by atoms with Crippen LogP contribution in [0, 0.1) is 0 Å². The summed E-state index contributed by atoms with van der Waals surface area (Å²) in [5.41, 5.74) is 1.43. The van der Waals surface area contributed by atoms with Crippen LogP contribution in [-0.2, 0) is 0 Å². The predicted molar refractivity (Wildman–Crippen MR) is 83.6 cm³/mol. The first-order valence-corrected chi connectivity index (χ1v) is 8.08. The first kappa shape index (κ1) is 15.6. The summed E-state index contributed by atoms with van der Waals surface area (Å²) in [5.74, 6) is 1.82. The summed E-state index contributed by atoms with van der Waals surface area (Å²) in [6, 6.07) is 9.65. The van der Waals surface area contributed by atoms with E-state index in [0.717, 1.165) is 6.54 Å². The predicted octanol–water partition coefficient (Wildman–Crippen LogP) is 4.68. The molecular formula is C16H27NS. The molecule has 0 aliphatic heterocycles. The molecule has 0 aromatic heterocycles. The van der Waals surface area contributed by atoms with Gasteiger partial charge in [-0.1, -0.05) is 32.9 Å². The van der Waals surface area contributed by atoms with Crippen LogP contribution < -0.4 is 5.32 Å². The molecule has 2 heteroatoms. The zero-order chi connectivity index (χ0) is 13.4. The van der Waals surface area contributed by atoms with Crippen molar-refractivity contribution in [1.29, 1.82) is 0 Å². The Morgan fingerprint density at radius 1 is 1.11 bits per heavy atom. The fourth-order valence-corrected chi connectivity index (χ4v) is 2.83. The third-order valence-electron chi connectivity index (χ3n) is 3.11. The van der Waals surface area contributed by atoms with E-state index < -0.39 is 0 Å². The largest absolute Gasteiger partial charge is 0.314 e. The lowest BCUT2D eigenvalue weighted by Gasteiger charge is -2.12. The Morgan fingerprint density at radius 2 is 1.78 bits per heavy atom. The lowest BCUT2D eigenvalue weighted by atomic mass is 10.0. The van der Waals surface area contributed by atoms with Crippen molar-refractivity contribution in [3.8, 4) is 0 Å². The lowest BCUT2D eigenvalue weighted by Crippen LogP contribution is -2.27. The van der Waals surface area contributed by atoms with E-state index in [4.69, 9.17) is 0 Å². The van der Waals surface area contributed by atoms with Crippen molar-refractivity contribution in [3.05, 3.63) is 29.8 Å². The standard InChI is InChI=1S/C16H27NS/c1-5-11-17-14(4)10-12-18-16-8-6-15(7-9-16)13(2)3/h6-9,13-14,17H,5,10-12H2,1-4H3. The van der Waals surface area contributed by atoms with E-state index >= 15 is 0 Å². The van der Waals surface area contributed by atoms with Crippen LogP contribution in [0.5, 0.6) is 0 Å². The fourth-order valence-electron chi connectivity index (χ4n) is 1.80. The van der Waals surface area contributed by atoms with Crippen LogP contribution in [0.15, 0.2) is 29.2 Å². The van der Waals surface area contributed by atoms with E-state index in [1.165, 1.54) is 29.1 Å². The van der Waals surface area contributed by atoms with Gasteiger partial charge >= 0.3 is 0 Å². The van der Waals surface area contributed by atoms with E-state index in [1.807, 2.05) is 11.8 Å². The molecule has 0 saturated carbocycles. The van der Waals surface area contributed by atoms with Gasteiger partial charge in [-0.3, -0.25) is 0 Å². The van der Waals surface area contributed by atoms with Crippen LogP contribution in [0.4, 0.5) is 0 Å². The minimum Gasteiger partial charge on any atom is -0.314 e. The van der Waals surface area contributed by atoms with E-state index in [1.54, 1.807) is 0 Å². The van der Waals surface area contributed by atoms with Crippen molar-refractivity contribution in [3.63, 3.8) is 0 Å². The minimum absolute atomic E-state index is 0.627. The Bertz CT molecular complexity index is 318. The molecule has 0 aliphatic carbocycles. The maximum Gasteiger partial charge on any atom is 0.00721 e. The van der Waals surface area contributed by atoms with Crippen molar-refractivity contribution in [2.24, 2.45) is 0 Å². The third-order valence-corrected chi connectivity index (χ3v) is 4.15. The molecule has 0 heterocycles. The number of hydrogen-bond acceptors (Lipinski definition) is 2. The fraction of sp³-hybridized carbons (Fsp3) is 0.625. The SMILES string of the molecule is CCCNC(C)CCSc1ccc(C(C)C)cc1. The molecule has 1 rings (SSSR count). The molecule has 1 aromatic carbocycles. The van der Waals surface area contributed by atoms with Gasteiger partial charge in [-0.05, 0) is 55.7 Å². The first-order chi connectivity index (χ1) is 8.63. The summed E-state index contributed by atoms with van der Waals surface area (Å²) in [5, 5.41) is 3.53. The van der Waals surface area contributed by atoms with Crippen LogP contribution in [0.3, 0.4) is 0 Å². The molecule has 0 aliphatic rings. The molecule has 18 heavy (non-hydrogen) atoms. The third kappa shape index (κ3) is 5.92. The van der Waals surface area contributed by atoms with Gasteiger partial charge in [0.1, 0.15) is 0 Å². The molecule has 0 spiro atoms. The van der Waals surface area contributed by atoms with Crippen LogP contribution in [0.2, 0.25) is 0 Å². The van der Waals surface area contributed by atoms with E-state index in [9.17, 15) is 0 Å². The maximum absolute atomic E-state index is 3.53. The Balaban J connectivity index is 2.26. The average Bonchev–Trinajstić information content (AvgIpc) is 2.37. The van der Waals surface area contributed by atoms with Crippen LogP contribution in [-0.4, -0.2) is 18.3 Å². The van der Waals surface area contributed by atoms with Crippen LogP contribution >= 0.6 is 11.8 Å². The summed E-state index contributed by atoms with van der Waals surface area (Å²) >= 11 is 1.96. The van der Waals surface area contributed by atoms with E-state index in [-0.39, 0.29) is 0 Å². The van der Waals surface area contributed by atoms with Crippen molar-refractivity contribution in [1.82, 2.24) is 5.32 Å². The summed E-state index contributed by atoms with van der Waals surface area (Å²) in [7, 11) is 0. The molecule has 1 unspecified atom stereocenters. The van der Waals surface area contributed by atoms with Gasteiger partial charge in [-0.2, -0.15) is 0 Å². The number of rotatable bonds is 8. The van der Waals surface area contributed by atoms with Gasteiger partial charge in [0.25, 0.3) is 0 Å². The number of hydrogen-bond donors (Lipinski definition) is 1. The summed E-state index contributed by atoms with van der Waals surface area (Å²) in [6.07, 6.45) is 2.45. The number of nitrogens with one attached hydrogen (secondary N) is 1. The Hall–Kier alpha value is -0.470. The molecule has 1 aromatic rings. The van der Waals surface area contributed by atoms with Crippen molar-refractivity contribution < 1.29 is 0 Å². The van der Waals surface area contributed by atoms with Gasteiger partial charge in [0.2, 0.25) is 0 Å². The second-order valence-corrected chi connectivity index (χ2v) is 6.38. The second kappa shape index (κ2) is 8.60. The number of thioether (sulfide) groups is 1. The molecule has 1 atom stereocenters. The van der Waals surface area contributed by atoms with Gasteiger partial charge < -0.3 is 5.32 Å². The van der Waals surface area contributed by atoms with Gasteiger partial charge in [-0.15, -0.1) is 11.8 Å². The normalized spacial score (nSPS) is 12.9. The smallest absolute Gasteiger partial charge is 0.00721 e. The second-order valence-electron chi connectivity index (χ2n) is 5.22. The Kier molecular flexibility index (Phi) is 7.45. The number of benzene rings is 1. The molecule has 102 valence electrons. The van der Waals surface area contributed by atoms with E-state index in [2.05, 4.69) is 57.3 Å². The topological polar surface area (TPSA) is 12.0 Å². The zero-order valence-corrected chi connectivity index (χ0v) is 13.0. The van der Waals surface area contributed by atoms with Crippen molar-refractivity contribution in [2.45, 2.75) is 57.4 Å². The van der Waals surface area contributed by atoms with E-state index in [0.29, 0.717) is 12.0 Å². The molecule has 1 nitrogen and oxygen atoms in total. The highest BCUT2D eigenvalue weighted by molar-refractivity contribution is 7.99. The molecule has 1 N–H and O–H groups in total. The summed E-state index contributed by atoms with van der Waals surface area (Å²) in [6.45, 7) is 10.1. The van der Waals surface area contributed by atoms with Gasteiger partial charge in [-0.25, -0.2) is 0 Å². The molecular weight excluding hydrogens is 238 g/mol. The Labute approximate surface area is 117 Å². The zero-order valence-electron chi connectivity index (χ0n) is 12.2. The highest BCUT2D eigenvalue weighted by Crippen LogP contribution is 2.22. The quantitative estimate of drug-likeness (QED) is 0.685. The molecule has 0 bridgehead atoms. The van der Waals surface area contributed by atoms with Crippen LogP contribution in [0.1, 0.15) is 52.0 Å². The van der Waals surface area contributed by atoms with Crippen molar-refractivity contribution >= 4 is 11.8 Å². The monoisotopic (exact) mass is 265 g/mol. The molecule has 0 amide bonds. The van der Waals surface area contributed by atoms with Crippen molar-refractivity contribution in [2.75, 3.05) is 12.3 Å². The van der Waals surface area contributed by atoms with Gasteiger partial charge in [0.15, 0.2) is 0 Å². The molecule has 0 fully saturated rings. The molecule has 0 radical (unpaired) electrons. The highest BCUT2D eigenvalue weighted by Gasteiger charge is 2.02. The lowest BCUT2D eigenvalue weighted by molar-refractivity contribution is 0.536. The Morgan fingerprint density at radius 3 is 2.33 bits per heavy atom. The first-order valence-electron chi connectivity index (χ1n) is 7.09. The van der Waals surface area contributed by atoms with Gasteiger partial charge in [0.05, 0.1) is 0 Å². The average molecular weight is 265 g/mol. The van der Waals surface area contributed by atoms with Gasteiger partial charge in [0, 0.05) is 10.9 Å². The molecule has 0 saturated heterocycles. The van der Waals surface area contributed by atoms with Crippen LogP contribution in [0.25, 0.3) is 0 Å². The summed E-state index contributed by atoms with van der Waals surface area (Å²) < 4.78 is 0.